The van der Waals surface area contributed by atoms with Gasteiger partial charge in [0.05, 0.1) is 6.61 Å². The summed E-state index contributed by atoms with van der Waals surface area (Å²) in [6, 6.07) is 6.37. The highest BCUT2D eigenvalue weighted by Gasteiger charge is 2.95. The van der Waals surface area contributed by atoms with Gasteiger partial charge in [-0.2, -0.15) is 74.6 Å². The number of alkyl halides is 17. The Kier molecular flexibility index (Phi) is 8.84. The first kappa shape index (κ1) is 34.7. The highest BCUT2D eigenvalue weighted by molar-refractivity contribution is 6.01. The van der Waals surface area contributed by atoms with E-state index in [4.69, 9.17) is 0 Å². The maximum atomic E-state index is 13.9. The summed E-state index contributed by atoms with van der Waals surface area (Å²) < 4.78 is 230. The Hall–Kier alpha value is -2.34. The number of benzene rings is 1. The monoisotopic (exact) mass is 610 g/mol. The Balaban J connectivity index is 3.31. The van der Waals surface area contributed by atoms with Crippen LogP contribution in [0.4, 0.5) is 74.6 Å². The Morgan fingerprint density at radius 2 is 0.949 bits per heavy atom. The molecule has 0 fully saturated rings. The molecule has 0 amide bonds. The van der Waals surface area contributed by atoms with E-state index in [0.29, 0.717) is 0 Å². The normalized spacial score (nSPS) is 15.5. The fraction of sp³-hybridized carbons (Fsp3) is 0.650. The lowest BCUT2D eigenvalue weighted by molar-refractivity contribution is -0.462. The van der Waals surface area contributed by atoms with E-state index in [2.05, 4.69) is 4.74 Å². The molecular formula is C20H15F17O2. The highest BCUT2D eigenvalue weighted by atomic mass is 19.4. The second kappa shape index (κ2) is 9.94. The molecular weight excluding hydrogens is 595 g/mol. The summed E-state index contributed by atoms with van der Waals surface area (Å²) >= 11 is 0. The quantitative estimate of drug-likeness (QED) is 0.177. The summed E-state index contributed by atoms with van der Waals surface area (Å²) in [6.07, 6.45) is -10.6. The van der Waals surface area contributed by atoms with Gasteiger partial charge >= 0.3 is 47.6 Å². The Labute approximate surface area is 207 Å². The van der Waals surface area contributed by atoms with Crippen molar-refractivity contribution in [2.75, 3.05) is 6.61 Å². The van der Waals surface area contributed by atoms with Gasteiger partial charge in [-0.25, -0.2) is 0 Å². The lowest BCUT2D eigenvalue weighted by atomic mass is 9.88. The zero-order valence-corrected chi connectivity index (χ0v) is 19.0. The molecule has 1 aromatic rings. The van der Waals surface area contributed by atoms with Crippen LogP contribution in [0.2, 0.25) is 0 Å². The van der Waals surface area contributed by atoms with Crippen LogP contribution in [0.25, 0.3) is 0 Å². The third kappa shape index (κ3) is 5.38. The lowest BCUT2D eigenvalue weighted by Gasteiger charge is -2.42. The van der Waals surface area contributed by atoms with Crippen molar-refractivity contribution in [3.63, 3.8) is 0 Å². The molecule has 0 N–H and O–H groups in total. The maximum Gasteiger partial charge on any atom is 0.460 e. The van der Waals surface area contributed by atoms with Crippen molar-refractivity contribution < 1.29 is 84.2 Å². The summed E-state index contributed by atoms with van der Waals surface area (Å²) in [4.78, 5) is 12.3. The van der Waals surface area contributed by atoms with Gasteiger partial charge in [0.15, 0.2) is 5.78 Å². The number of carbonyl (C=O) groups excluding carboxylic acids is 1. The molecule has 0 unspecified atom stereocenters. The molecule has 0 aliphatic carbocycles. The molecule has 0 aliphatic rings. The summed E-state index contributed by atoms with van der Waals surface area (Å²) in [7, 11) is 0. The van der Waals surface area contributed by atoms with Crippen LogP contribution < -0.4 is 0 Å². The second-order valence-electron chi connectivity index (χ2n) is 8.45. The topological polar surface area (TPSA) is 26.3 Å². The van der Waals surface area contributed by atoms with E-state index in [9.17, 15) is 79.4 Å². The number of Topliss-reactive ketones (excluding diaryl/α,β-unsaturated/α-hetero) is 1. The number of ether oxygens (including phenoxy) is 1. The van der Waals surface area contributed by atoms with Crippen molar-refractivity contribution in [1.82, 2.24) is 0 Å². The summed E-state index contributed by atoms with van der Waals surface area (Å²) in [5, 5.41) is 0. The van der Waals surface area contributed by atoms with Crippen LogP contribution in [0, 0.1) is 0 Å². The molecule has 0 atom stereocenters. The van der Waals surface area contributed by atoms with E-state index in [1.807, 2.05) is 0 Å². The van der Waals surface area contributed by atoms with Crippen LogP contribution >= 0.6 is 0 Å². The molecule has 1 rings (SSSR count). The van der Waals surface area contributed by atoms with Crippen LogP contribution in [-0.2, 0) is 4.74 Å². The first-order chi connectivity index (χ1) is 17.0. The van der Waals surface area contributed by atoms with Crippen molar-refractivity contribution in [3.8, 4) is 0 Å². The number of carbonyl (C=O) groups is 1. The van der Waals surface area contributed by atoms with Crippen molar-refractivity contribution >= 4 is 5.78 Å². The molecule has 0 saturated heterocycles. The molecule has 0 radical (unpaired) electrons. The van der Waals surface area contributed by atoms with Gasteiger partial charge in [-0.1, -0.05) is 30.3 Å². The Morgan fingerprint density at radius 3 is 1.33 bits per heavy atom. The molecule has 0 spiro atoms. The summed E-state index contributed by atoms with van der Waals surface area (Å²) in [5.41, 5.74) is -2.33. The van der Waals surface area contributed by atoms with E-state index in [-0.39, 0.29) is 5.56 Å². The standard InChI is InChI=1S/C20H15F17O2/c1-12(2,11(38)10-6-4-3-5-7-10)39-9-8-13(21,22)14(23,24)15(25,26)16(27,28)17(29,30)18(31,32)19(33,34)20(35,36)37/h3-7H,8-9H2,1-2H3. The minimum atomic E-state index is -8.68. The second-order valence-corrected chi connectivity index (χ2v) is 8.45. The van der Waals surface area contributed by atoms with Gasteiger partial charge in [-0.3, -0.25) is 4.79 Å². The highest BCUT2D eigenvalue weighted by Crippen LogP contribution is 2.64. The van der Waals surface area contributed by atoms with Gasteiger partial charge in [-0.15, -0.1) is 0 Å². The molecule has 0 bridgehead atoms. The third-order valence-corrected chi connectivity index (χ3v) is 5.25. The van der Waals surface area contributed by atoms with Crippen molar-refractivity contribution in [1.29, 1.82) is 0 Å². The molecule has 2 nitrogen and oxygen atoms in total. The first-order valence-electron chi connectivity index (χ1n) is 9.92. The van der Waals surface area contributed by atoms with Crippen LogP contribution in [0.5, 0.6) is 0 Å². The average molecular weight is 610 g/mol. The van der Waals surface area contributed by atoms with E-state index in [1.54, 1.807) is 0 Å². The zero-order chi connectivity index (χ0) is 31.3. The molecule has 0 aromatic heterocycles. The lowest BCUT2D eigenvalue weighted by Crippen LogP contribution is -2.74. The third-order valence-electron chi connectivity index (χ3n) is 5.25. The predicted octanol–water partition coefficient (Wildman–Crippen LogP) is 8.06. The minimum absolute atomic E-state index is 0.149. The molecule has 39 heavy (non-hydrogen) atoms. The van der Waals surface area contributed by atoms with Gasteiger partial charge in [0.1, 0.15) is 5.60 Å². The fourth-order valence-corrected chi connectivity index (χ4v) is 2.79. The number of rotatable bonds is 12. The van der Waals surface area contributed by atoms with Crippen LogP contribution in [0.1, 0.15) is 30.6 Å². The molecule has 19 heteroatoms. The number of hydrogen-bond acceptors (Lipinski definition) is 2. The Bertz CT molecular complexity index is 1010. The van der Waals surface area contributed by atoms with Crippen LogP contribution in [-0.4, -0.2) is 65.6 Å². The van der Waals surface area contributed by atoms with Crippen molar-refractivity contribution in [2.45, 2.75) is 73.5 Å². The molecule has 0 saturated carbocycles. The molecule has 0 heterocycles. The van der Waals surface area contributed by atoms with Crippen molar-refractivity contribution in [2.24, 2.45) is 0 Å². The van der Waals surface area contributed by atoms with E-state index < -0.39 is 72.0 Å². The Morgan fingerprint density at radius 1 is 0.590 bits per heavy atom. The van der Waals surface area contributed by atoms with Gasteiger partial charge in [0, 0.05) is 12.0 Å². The molecule has 0 aliphatic heterocycles. The average Bonchev–Trinajstić information content (AvgIpc) is 2.77. The molecule has 1 aromatic carbocycles. The smallest absolute Gasteiger partial charge is 0.367 e. The number of halogens is 17. The first-order valence-corrected chi connectivity index (χ1v) is 9.92. The van der Waals surface area contributed by atoms with E-state index in [1.165, 1.54) is 18.2 Å². The maximum absolute atomic E-state index is 13.9. The zero-order valence-electron chi connectivity index (χ0n) is 19.0. The predicted molar refractivity (Wildman–Crippen MR) is 96.1 cm³/mol. The molecule has 226 valence electrons. The summed E-state index contributed by atoms with van der Waals surface area (Å²) in [6.45, 7) is -0.163. The summed E-state index contributed by atoms with van der Waals surface area (Å²) in [5.74, 6) is -57.8. The van der Waals surface area contributed by atoms with E-state index >= 15 is 0 Å². The van der Waals surface area contributed by atoms with Crippen LogP contribution in [0.3, 0.4) is 0 Å². The van der Waals surface area contributed by atoms with Gasteiger partial charge in [0.2, 0.25) is 0 Å². The van der Waals surface area contributed by atoms with Crippen molar-refractivity contribution in [3.05, 3.63) is 35.9 Å². The van der Waals surface area contributed by atoms with Gasteiger partial charge < -0.3 is 4.74 Å². The number of ketones is 1. The number of hydrogen-bond donors (Lipinski definition) is 0. The minimum Gasteiger partial charge on any atom is -0.367 e. The van der Waals surface area contributed by atoms with E-state index in [0.717, 1.165) is 26.0 Å². The SMILES string of the molecule is CC(C)(OCCC(F)(F)C(F)(F)C(F)(F)C(F)(F)C(F)(F)C(F)(F)C(F)(F)C(F)(F)F)C(=O)c1ccccc1. The van der Waals surface area contributed by atoms with Gasteiger partial charge in [0.25, 0.3) is 0 Å². The van der Waals surface area contributed by atoms with Crippen LogP contribution in [0.15, 0.2) is 30.3 Å². The largest absolute Gasteiger partial charge is 0.460 e. The van der Waals surface area contributed by atoms with Gasteiger partial charge in [-0.05, 0) is 13.8 Å². The fourth-order valence-electron chi connectivity index (χ4n) is 2.79.